The number of benzene rings is 2. The van der Waals surface area contributed by atoms with E-state index in [4.69, 9.17) is 11.2 Å². The Kier molecular flexibility index (Phi) is 4.83. The zero-order valence-electron chi connectivity index (χ0n) is 18.4. The van der Waals surface area contributed by atoms with Crippen LogP contribution < -0.4 is 0 Å². The van der Waals surface area contributed by atoms with E-state index in [0.29, 0.717) is 5.56 Å². The van der Waals surface area contributed by atoms with Gasteiger partial charge in [0.2, 0.25) is 0 Å². The molecule has 0 unspecified atom stereocenters. The summed E-state index contributed by atoms with van der Waals surface area (Å²) in [5, 5.41) is 22.6. The van der Waals surface area contributed by atoms with Crippen LogP contribution in [0.1, 0.15) is 61.9 Å². The summed E-state index contributed by atoms with van der Waals surface area (Å²) in [6.45, 7) is 7.47. The predicted molar refractivity (Wildman–Crippen MR) is 121 cm³/mol. The third-order valence-corrected chi connectivity index (χ3v) is 9.04. The summed E-state index contributed by atoms with van der Waals surface area (Å²) in [6.07, 6.45) is 6.01. The van der Waals surface area contributed by atoms with Crippen LogP contribution in [0.3, 0.4) is 0 Å². The molecule has 2 aromatic rings. The molecule has 2 aliphatic rings. The molecular weight excluding hydrogens is 424 g/mol. The SMILES string of the molecule is C#C[C@@]1(OC(C)=O)Cc2c(O)c3c(c(O)c2[C@H]([Si](C)(C)C)C1)C(=O)c1ccccc1C3=O. The second kappa shape index (κ2) is 7.07. The zero-order chi connectivity index (χ0) is 23.6. The quantitative estimate of drug-likeness (QED) is 0.268. The lowest BCUT2D eigenvalue weighted by atomic mass is 9.74. The Morgan fingerprint density at radius 1 is 1.09 bits per heavy atom. The molecule has 0 aromatic heterocycles. The Morgan fingerprint density at radius 2 is 1.62 bits per heavy atom. The third kappa shape index (κ3) is 3.06. The van der Waals surface area contributed by atoms with E-state index in [2.05, 4.69) is 25.6 Å². The number of terminal acetylenes is 1. The molecule has 7 heteroatoms. The molecule has 0 saturated heterocycles. The number of ether oxygens (including phenoxy) is 1. The number of carbonyl (C=O) groups is 3. The van der Waals surface area contributed by atoms with E-state index in [1.54, 1.807) is 12.1 Å². The van der Waals surface area contributed by atoms with Gasteiger partial charge in [-0.05, 0) is 5.54 Å². The number of hydrogen-bond acceptors (Lipinski definition) is 6. The van der Waals surface area contributed by atoms with Gasteiger partial charge in [0.1, 0.15) is 11.5 Å². The number of fused-ring (bicyclic) bond motifs is 3. The fourth-order valence-electron chi connectivity index (χ4n) is 4.96. The van der Waals surface area contributed by atoms with E-state index in [0.717, 1.165) is 0 Å². The van der Waals surface area contributed by atoms with Gasteiger partial charge in [0.15, 0.2) is 17.2 Å². The van der Waals surface area contributed by atoms with Gasteiger partial charge in [0, 0.05) is 42.0 Å². The molecule has 0 fully saturated rings. The second-order valence-corrected chi connectivity index (χ2v) is 15.0. The molecule has 0 saturated carbocycles. The largest absolute Gasteiger partial charge is 0.507 e. The number of carbonyl (C=O) groups excluding carboxylic acids is 3. The molecule has 0 spiro atoms. The van der Waals surface area contributed by atoms with E-state index in [-0.39, 0.29) is 57.7 Å². The van der Waals surface area contributed by atoms with Crippen molar-refractivity contribution in [1.82, 2.24) is 0 Å². The first kappa shape index (κ1) is 21.8. The first-order valence-electron chi connectivity index (χ1n) is 10.4. The van der Waals surface area contributed by atoms with Crippen molar-refractivity contribution in [1.29, 1.82) is 0 Å². The zero-order valence-corrected chi connectivity index (χ0v) is 19.4. The molecule has 0 amide bonds. The lowest BCUT2D eigenvalue weighted by molar-refractivity contribution is -0.152. The van der Waals surface area contributed by atoms with Gasteiger partial charge in [-0.3, -0.25) is 14.4 Å². The number of esters is 1. The lowest BCUT2D eigenvalue weighted by Crippen LogP contribution is -2.47. The summed E-state index contributed by atoms with van der Waals surface area (Å²) in [5.74, 6) is 0.318. The van der Waals surface area contributed by atoms with Crippen LogP contribution in [0.5, 0.6) is 11.5 Å². The Balaban J connectivity index is 2.06. The summed E-state index contributed by atoms with van der Waals surface area (Å²) in [7, 11) is -2.13. The smallest absolute Gasteiger partial charge is 0.304 e. The number of rotatable bonds is 2. The molecule has 0 radical (unpaired) electrons. The van der Waals surface area contributed by atoms with Gasteiger partial charge in [0.05, 0.1) is 19.2 Å². The highest BCUT2D eigenvalue weighted by Crippen LogP contribution is 2.53. The van der Waals surface area contributed by atoms with Crippen LogP contribution in [0.2, 0.25) is 19.6 Å². The van der Waals surface area contributed by atoms with Crippen LogP contribution in [-0.2, 0) is 16.0 Å². The van der Waals surface area contributed by atoms with Crippen LogP contribution in [0.4, 0.5) is 0 Å². The Morgan fingerprint density at radius 3 is 2.09 bits per heavy atom. The molecule has 6 nitrogen and oxygen atoms in total. The van der Waals surface area contributed by atoms with E-state index in [1.807, 2.05) is 0 Å². The van der Waals surface area contributed by atoms with Gasteiger partial charge in [-0.25, -0.2) is 0 Å². The maximum Gasteiger partial charge on any atom is 0.304 e. The van der Waals surface area contributed by atoms with Gasteiger partial charge < -0.3 is 14.9 Å². The van der Waals surface area contributed by atoms with Crippen molar-refractivity contribution >= 4 is 25.6 Å². The standard InChI is InChI=1S/C25H24O6Si/c1-6-25(31-13(2)26)11-16-18(17(12-25)32(3,4)5)24(30)20-19(23(16)29)21(27)14-9-7-8-10-15(14)22(20)28/h1,7-10,17,29-30H,11-12H2,2-5H3/t17-,25-/m1/s1. The minimum absolute atomic E-state index is 0.0603. The maximum atomic E-state index is 13.3. The van der Waals surface area contributed by atoms with Crippen molar-refractivity contribution in [2.45, 2.75) is 50.5 Å². The molecular formula is C25H24O6Si. The Labute approximate surface area is 187 Å². The van der Waals surface area contributed by atoms with Crippen LogP contribution in [0, 0.1) is 12.3 Å². The highest BCUT2D eigenvalue weighted by molar-refractivity contribution is 6.77. The number of phenolic OH excluding ortho intramolecular Hbond substituents is 2. The van der Waals surface area contributed by atoms with Crippen molar-refractivity contribution < 1.29 is 29.3 Å². The van der Waals surface area contributed by atoms with Crippen LogP contribution in [-0.4, -0.2) is 41.4 Å². The summed E-state index contributed by atoms with van der Waals surface area (Å²) in [5.41, 5.74) is -0.986. The van der Waals surface area contributed by atoms with Gasteiger partial charge in [-0.15, -0.1) is 6.42 Å². The lowest BCUT2D eigenvalue weighted by Gasteiger charge is -2.43. The topological polar surface area (TPSA) is 101 Å². The van der Waals surface area contributed by atoms with Crippen molar-refractivity contribution in [2.24, 2.45) is 0 Å². The molecule has 2 N–H and O–H groups in total. The van der Waals surface area contributed by atoms with Crippen molar-refractivity contribution in [3.8, 4) is 23.8 Å². The maximum absolute atomic E-state index is 13.3. The van der Waals surface area contributed by atoms with Gasteiger partial charge in [-0.2, -0.15) is 0 Å². The van der Waals surface area contributed by atoms with Crippen LogP contribution in [0.25, 0.3) is 0 Å². The average Bonchev–Trinajstić information content (AvgIpc) is 2.73. The molecule has 2 aliphatic carbocycles. The molecule has 2 aromatic carbocycles. The van der Waals surface area contributed by atoms with Crippen molar-refractivity contribution in [3.63, 3.8) is 0 Å². The first-order chi connectivity index (χ1) is 14.9. The van der Waals surface area contributed by atoms with Gasteiger partial charge in [-0.1, -0.05) is 49.8 Å². The van der Waals surface area contributed by atoms with Crippen molar-refractivity contribution in [2.75, 3.05) is 0 Å². The first-order valence-corrected chi connectivity index (χ1v) is 14.0. The molecule has 164 valence electrons. The molecule has 2 atom stereocenters. The summed E-state index contributed by atoms with van der Waals surface area (Å²) < 4.78 is 5.56. The third-order valence-electron chi connectivity index (χ3n) is 6.45. The monoisotopic (exact) mass is 448 g/mol. The molecule has 32 heavy (non-hydrogen) atoms. The number of ketones is 2. The average molecular weight is 449 g/mol. The highest BCUT2D eigenvalue weighted by Gasteiger charge is 2.50. The van der Waals surface area contributed by atoms with Crippen LogP contribution in [0.15, 0.2) is 24.3 Å². The Hall–Kier alpha value is -3.37. The van der Waals surface area contributed by atoms with E-state index >= 15 is 0 Å². The fraction of sp³-hybridized carbons (Fsp3) is 0.320. The molecule has 0 bridgehead atoms. The number of hydrogen-bond donors (Lipinski definition) is 2. The van der Waals surface area contributed by atoms with E-state index in [1.165, 1.54) is 19.1 Å². The van der Waals surface area contributed by atoms with E-state index < -0.39 is 31.2 Å². The normalized spacial score (nSPS) is 21.8. The fourth-order valence-corrected chi connectivity index (χ4v) is 7.08. The van der Waals surface area contributed by atoms with Crippen LogP contribution >= 0.6 is 0 Å². The summed E-state index contributed by atoms with van der Waals surface area (Å²) >= 11 is 0. The number of phenols is 2. The molecule has 0 aliphatic heterocycles. The van der Waals surface area contributed by atoms with Crippen molar-refractivity contribution in [3.05, 3.63) is 57.6 Å². The summed E-state index contributed by atoms with van der Waals surface area (Å²) in [4.78, 5) is 38.4. The minimum atomic E-state index is -2.13. The molecule has 4 rings (SSSR count). The summed E-state index contributed by atoms with van der Waals surface area (Å²) in [6, 6.07) is 6.34. The van der Waals surface area contributed by atoms with Gasteiger partial charge in [0.25, 0.3) is 0 Å². The highest BCUT2D eigenvalue weighted by atomic mass is 28.3. The van der Waals surface area contributed by atoms with E-state index in [9.17, 15) is 24.6 Å². The Bertz CT molecular complexity index is 1250. The minimum Gasteiger partial charge on any atom is -0.507 e. The van der Waals surface area contributed by atoms with Gasteiger partial charge >= 0.3 is 5.97 Å². The second-order valence-electron chi connectivity index (χ2n) is 9.58. The predicted octanol–water partition coefficient (Wildman–Crippen LogP) is 3.72. The molecule has 0 heterocycles. The number of aromatic hydroxyl groups is 2.